The van der Waals surface area contributed by atoms with Gasteiger partial charge in [0, 0.05) is 6.42 Å². The van der Waals surface area contributed by atoms with Gasteiger partial charge in [-0.15, -0.1) is 0 Å². The van der Waals surface area contributed by atoms with Crippen molar-refractivity contribution in [3.63, 3.8) is 0 Å². The van der Waals surface area contributed by atoms with E-state index in [1.54, 1.807) is 18.2 Å². The Labute approximate surface area is 110 Å². The first-order chi connectivity index (χ1) is 8.81. The van der Waals surface area contributed by atoms with Gasteiger partial charge in [0.1, 0.15) is 0 Å². The second kappa shape index (κ2) is 12.9. The van der Waals surface area contributed by atoms with Crippen LogP contribution in [0.4, 0.5) is 0 Å². The van der Waals surface area contributed by atoms with Crippen LogP contribution in [0.5, 0.6) is 0 Å². The number of hydrogen-bond donors (Lipinski definition) is 0. The maximum Gasteiger partial charge on any atom is 0.155 e. The Morgan fingerprint density at radius 1 is 0.778 bits per heavy atom. The molecule has 0 fully saturated rings. The molecule has 0 aromatic heterocycles. The molecule has 0 unspecified atom stereocenters. The third-order valence-electron chi connectivity index (χ3n) is 1.88. The van der Waals surface area contributed by atoms with Crippen molar-refractivity contribution in [2.24, 2.45) is 0 Å². The van der Waals surface area contributed by atoms with E-state index < -0.39 is 0 Å². The molecule has 1 heteroatoms. The molecule has 0 amide bonds. The lowest BCUT2D eigenvalue weighted by Gasteiger charge is -1.80. The average Bonchev–Trinajstić information content (AvgIpc) is 2.39. The van der Waals surface area contributed by atoms with Gasteiger partial charge in [-0.2, -0.15) is 0 Å². The lowest BCUT2D eigenvalue weighted by molar-refractivity contribution is -0.114. The molecule has 94 valence electrons. The van der Waals surface area contributed by atoms with Crippen LogP contribution in [0.25, 0.3) is 0 Å². The molecule has 0 aromatic carbocycles. The summed E-state index contributed by atoms with van der Waals surface area (Å²) in [5, 5.41) is 0. The highest BCUT2D eigenvalue weighted by atomic mass is 16.1. The molecule has 0 N–H and O–H groups in total. The highest BCUT2D eigenvalue weighted by molar-refractivity contribution is 5.89. The van der Waals surface area contributed by atoms with Crippen LogP contribution in [0.1, 0.15) is 13.3 Å². The van der Waals surface area contributed by atoms with Crippen molar-refractivity contribution in [3.05, 3.63) is 85.6 Å². The molecule has 0 saturated carbocycles. The Kier molecular flexibility index (Phi) is 11.4. The van der Waals surface area contributed by atoms with Gasteiger partial charge in [-0.1, -0.05) is 86.4 Å². The van der Waals surface area contributed by atoms with Crippen LogP contribution in [0.2, 0.25) is 0 Å². The van der Waals surface area contributed by atoms with Crippen LogP contribution >= 0.6 is 0 Å². The van der Waals surface area contributed by atoms with E-state index in [1.165, 1.54) is 0 Å². The zero-order valence-corrected chi connectivity index (χ0v) is 10.8. The monoisotopic (exact) mass is 240 g/mol. The van der Waals surface area contributed by atoms with Crippen molar-refractivity contribution in [1.82, 2.24) is 0 Å². The largest absolute Gasteiger partial charge is 0.295 e. The molecule has 0 aliphatic rings. The first-order valence-corrected chi connectivity index (χ1v) is 5.96. The standard InChI is InChI=1S/C17H20O/c1-3-5-6-7-8-9-10-11-12-13-14-15-16-17(18)4-2/h3,5-16H,1,4H2,2H3. The number of hydrogen-bond acceptors (Lipinski definition) is 1. The summed E-state index contributed by atoms with van der Waals surface area (Å²) in [7, 11) is 0. The summed E-state index contributed by atoms with van der Waals surface area (Å²) in [5.41, 5.74) is 0. The molecule has 18 heavy (non-hydrogen) atoms. The van der Waals surface area contributed by atoms with Gasteiger partial charge >= 0.3 is 0 Å². The summed E-state index contributed by atoms with van der Waals surface area (Å²) in [6.45, 7) is 5.42. The minimum Gasteiger partial charge on any atom is -0.295 e. The molecule has 0 saturated heterocycles. The highest BCUT2D eigenvalue weighted by Crippen LogP contribution is 1.87. The Hall–Kier alpha value is -2.15. The van der Waals surface area contributed by atoms with Gasteiger partial charge in [-0.3, -0.25) is 4.79 Å². The van der Waals surface area contributed by atoms with E-state index in [4.69, 9.17) is 0 Å². The van der Waals surface area contributed by atoms with E-state index in [0.717, 1.165) is 0 Å². The predicted molar refractivity (Wildman–Crippen MR) is 80.3 cm³/mol. The van der Waals surface area contributed by atoms with Crippen molar-refractivity contribution in [1.29, 1.82) is 0 Å². The van der Waals surface area contributed by atoms with E-state index in [-0.39, 0.29) is 5.78 Å². The lowest BCUT2D eigenvalue weighted by Crippen LogP contribution is -1.85. The van der Waals surface area contributed by atoms with E-state index in [2.05, 4.69) is 6.58 Å². The highest BCUT2D eigenvalue weighted by Gasteiger charge is 1.85. The average molecular weight is 240 g/mol. The van der Waals surface area contributed by atoms with Gasteiger partial charge in [-0.25, -0.2) is 0 Å². The third kappa shape index (κ3) is 11.9. The van der Waals surface area contributed by atoms with Crippen molar-refractivity contribution in [2.45, 2.75) is 13.3 Å². The molecule has 0 radical (unpaired) electrons. The summed E-state index contributed by atoms with van der Waals surface area (Å²) in [4.78, 5) is 10.9. The molecule has 0 atom stereocenters. The molecule has 0 aliphatic carbocycles. The first kappa shape index (κ1) is 15.9. The predicted octanol–water partition coefficient (Wildman–Crippen LogP) is 4.49. The minimum absolute atomic E-state index is 0.140. The summed E-state index contributed by atoms with van der Waals surface area (Å²) in [6, 6.07) is 0. The van der Waals surface area contributed by atoms with Crippen molar-refractivity contribution in [3.8, 4) is 0 Å². The number of rotatable bonds is 8. The quantitative estimate of drug-likeness (QED) is 0.451. The van der Waals surface area contributed by atoms with Crippen molar-refractivity contribution >= 4 is 5.78 Å². The summed E-state index contributed by atoms with van der Waals surface area (Å²) in [6.07, 6.45) is 24.7. The SMILES string of the molecule is C=CC=CC=CC=CC=CC=CC=CC(=O)CC. The minimum atomic E-state index is 0.140. The number of ketones is 1. The van der Waals surface area contributed by atoms with E-state index in [9.17, 15) is 4.79 Å². The van der Waals surface area contributed by atoms with Gasteiger partial charge in [-0.05, 0) is 6.08 Å². The van der Waals surface area contributed by atoms with Crippen molar-refractivity contribution in [2.75, 3.05) is 0 Å². The maximum atomic E-state index is 10.9. The fourth-order valence-corrected chi connectivity index (χ4v) is 0.937. The van der Waals surface area contributed by atoms with Crippen LogP contribution < -0.4 is 0 Å². The van der Waals surface area contributed by atoms with Gasteiger partial charge in [0.25, 0.3) is 0 Å². The molecule has 0 heterocycles. The molecule has 0 spiro atoms. The summed E-state index contributed by atoms with van der Waals surface area (Å²) >= 11 is 0. The topological polar surface area (TPSA) is 17.1 Å². The van der Waals surface area contributed by atoms with Crippen LogP contribution in [0, 0.1) is 0 Å². The van der Waals surface area contributed by atoms with Crippen LogP contribution in [-0.2, 0) is 4.79 Å². The van der Waals surface area contributed by atoms with Gasteiger partial charge < -0.3 is 0 Å². The summed E-state index contributed by atoms with van der Waals surface area (Å²) < 4.78 is 0. The zero-order valence-electron chi connectivity index (χ0n) is 10.8. The molecular formula is C17H20O. The van der Waals surface area contributed by atoms with Crippen molar-refractivity contribution < 1.29 is 4.79 Å². The molecular weight excluding hydrogens is 220 g/mol. The maximum absolute atomic E-state index is 10.9. The lowest BCUT2D eigenvalue weighted by atomic mass is 10.3. The fraction of sp³-hybridized carbons (Fsp3) is 0.118. The Morgan fingerprint density at radius 3 is 1.56 bits per heavy atom. The second-order valence-corrected chi connectivity index (χ2v) is 3.34. The second-order valence-electron chi connectivity index (χ2n) is 3.34. The van der Waals surface area contributed by atoms with Crippen LogP contribution in [0.15, 0.2) is 85.6 Å². The van der Waals surface area contributed by atoms with Gasteiger partial charge in [0.15, 0.2) is 5.78 Å². The van der Waals surface area contributed by atoms with E-state index >= 15 is 0 Å². The molecule has 1 nitrogen and oxygen atoms in total. The molecule has 0 aromatic rings. The molecule has 0 bridgehead atoms. The summed E-state index contributed by atoms with van der Waals surface area (Å²) in [5.74, 6) is 0.140. The van der Waals surface area contributed by atoms with Crippen LogP contribution in [-0.4, -0.2) is 5.78 Å². The smallest absolute Gasteiger partial charge is 0.155 e. The number of carbonyl (C=O) groups is 1. The third-order valence-corrected chi connectivity index (χ3v) is 1.88. The molecule has 0 rings (SSSR count). The number of carbonyl (C=O) groups excluding carboxylic acids is 1. The van der Waals surface area contributed by atoms with Crippen LogP contribution in [0.3, 0.4) is 0 Å². The van der Waals surface area contributed by atoms with Gasteiger partial charge in [0.2, 0.25) is 0 Å². The van der Waals surface area contributed by atoms with E-state index in [1.807, 2.05) is 67.7 Å². The normalized spacial score (nSPS) is 13.2. The molecule has 0 aliphatic heterocycles. The Balaban J connectivity index is 3.86. The van der Waals surface area contributed by atoms with Gasteiger partial charge in [0.05, 0.1) is 0 Å². The Morgan fingerprint density at radius 2 is 1.17 bits per heavy atom. The van der Waals surface area contributed by atoms with E-state index in [0.29, 0.717) is 6.42 Å². The Bertz CT molecular complexity index is 401. The zero-order chi connectivity index (χ0) is 13.5. The number of allylic oxidation sites excluding steroid dienone is 13. The fourth-order valence-electron chi connectivity index (χ4n) is 0.937. The first-order valence-electron chi connectivity index (χ1n) is 5.96.